The molecule has 1 heterocycles. The van der Waals surface area contributed by atoms with Crippen molar-refractivity contribution in [3.8, 4) is 0 Å². The summed E-state index contributed by atoms with van der Waals surface area (Å²) in [5.41, 5.74) is 0.738. The third-order valence-electron chi connectivity index (χ3n) is 1.02. The summed E-state index contributed by atoms with van der Waals surface area (Å²) >= 11 is 0. The first-order valence-corrected chi connectivity index (χ1v) is 2.62. The topological polar surface area (TPSA) is 24.9 Å². The summed E-state index contributed by atoms with van der Waals surface area (Å²) in [7, 11) is 1.73. The fraction of sp³-hybridized carbons (Fsp3) is 0.167. The lowest BCUT2D eigenvalue weighted by Gasteiger charge is -1.95. The Kier molecular flexibility index (Phi) is 3.72. The number of aromatic nitrogens is 1. The molecule has 4 heteroatoms. The van der Waals surface area contributed by atoms with Gasteiger partial charge < -0.3 is 5.32 Å². The lowest BCUT2D eigenvalue weighted by molar-refractivity contribution is 0.584. The molecule has 0 radical (unpaired) electrons. The first-order valence-electron chi connectivity index (χ1n) is 2.62. The zero-order chi connectivity index (χ0) is 6.69. The fourth-order valence-corrected chi connectivity index (χ4v) is 0.558. The summed E-state index contributed by atoms with van der Waals surface area (Å²) in [4.78, 5) is 3.38. The standard InChI is InChI=1S/C6H7FN2.ClH/c1-8-5-2-3-9-6(7)4-5;/h2-4H,1H3,(H,8,9);1H. The van der Waals surface area contributed by atoms with Gasteiger partial charge in [0.2, 0.25) is 5.95 Å². The number of hydrogen-bond donors (Lipinski definition) is 1. The second-order valence-corrected chi connectivity index (χ2v) is 1.62. The van der Waals surface area contributed by atoms with E-state index >= 15 is 0 Å². The highest BCUT2D eigenvalue weighted by molar-refractivity contribution is 5.85. The molecule has 0 saturated carbocycles. The Labute approximate surface area is 64.9 Å². The molecular formula is C6H8ClFN2. The number of hydrogen-bond acceptors (Lipinski definition) is 2. The van der Waals surface area contributed by atoms with E-state index < -0.39 is 5.95 Å². The molecule has 1 rings (SSSR count). The number of nitrogens with one attached hydrogen (secondary N) is 1. The van der Waals surface area contributed by atoms with Gasteiger partial charge in [0, 0.05) is 25.0 Å². The second kappa shape index (κ2) is 4.06. The highest BCUT2D eigenvalue weighted by Gasteiger charge is 1.89. The maximum atomic E-state index is 12.2. The molecule has 0 amide bonds. The van der Waals surface area contributed by atoms with Crippen LogP contribution in [0.3, 0.4) is 0 Å². The van der Waals surface area contributed by atoms with Crippen molar-refractivity contribution in [3.63, 3.8) is 0 Å². The van der Waals surface area contributed by atoms with Crippen LogP contribution in [-0.4, -0.2) is 12.0 Å². The van der Waals surface area contributed by atoms with E-state index in [-0.39, 0.29) is 12.4 Å². The molecule has 56 valence electrons. The summed E-state index contributed by atoms with van der Waals surface area (Å²) in [6, 6.07) is 3.03. The normalized spacial score (nSPS) is 8.20. The molecule has 1 aromatic heterocycles. The summed E-state index contributed by atoms with van der Waals surface area (Å²) in [5.74, 6) is -0.457. The Bertz CT molecular complexity index is 205. The lowest BCUT2D eigenvalue weighted by atomic mass is 10.4. The van der Waals surface area contributed by atoms with Gasteiger partial charge in [-0.05, 0) is 6.07 Å². The van der Waals surface area contributed by atoms with Gasteiger partial charge in [-0.1, -0.05) is 0 Å². The van der Waals surface area contributed by atoms with Crippen LogP contribution in [0.4, 0.5) is 10.1 Å². The molecule has 0 atom stereocenters. The number of nitrogens with zero attached hydrogens (tertiary/aromatic N) is 1. The van der Waals surface area contributed by atoms with Gasteiger partial charge in [0.25, 0.3) is 0 Å². The number of pyridine rings is 1. The number of halogens is 2. The summed E-state index contributed by atoms with van der Waals surface area (Å²) in [6.45, 7) is 0. The van der Waals surface area contributed by atoms with Crippen LogP contribution in [0.2, 0.25) is 0 Å². The van der Waals surface area contributed by atoms with E-state index in [0.717, 1.165) is 5.69 Å². The van der Waals surface area contributed by atoms with Gasteiger partial charge in [0.15, 0.2) is 0 Å². The van der Waals surface area contributed by atoms with Crippen LogP contribution >= 0.6 is 12.4 Å². The van der Waals surface area contributed by atoms with Gasteiger partial charge in [-0.2, -0.15) is 4.39 Å². The monoisotopic (exact) mass is 162 g/mol. The molecule has 0 aliphatic carbocycles. The fourth-order valence-electron chi connectivity index (χ4n) is 0.558. The molecule has 0 saturated heterocycles. The van der Waals surface area contributed by atoms with Crippen LogP contribution < -0.4 is 5.32 Å². The SMILES string of the molecule is CNc1ccnc(F)c1.Cl. The van der Waals surface area contributed by atoms with E-state index in [9.17, 15) is 4.39 Å². The van der Waals surface area contributed by atoms with Crippen molar-refractivity contribution in [1.82, 2.24) is 4.98 Å². The molecular weight excluding hydrogens is 155 g/mol. The molecule has 2 nitrogen and oxygen atoms in total. The minimum absolute atomic E-state index is 0. The van der Waals surface area contributed by atoms with Crippen LogP contribution in [0.15, 0.2) is 18.3 Å². The second-order valence-electron chi connectivity index (χ2n) is 1.62. The lowest BCUT2D eigenvalue weighted by Crippen LogP contribution is -1.89. The average molecular weight is 163 g/mol. The number of anilines is 1. The van der Waals surface area contributed by atoms with Crippen molar-refractivity contribution < 1.29 is 4.39 Å². The van der Waals surface area contributed by atoms with E-state index in [0.29, 0.717) is 0 Å². The summed E-state index contributed by atoms with van der Waals surface area (Å²) in [6.07, 6.45) is 1.42. The third kappa shape index (κ3) is 2.19. The minimum Gasteiger partial charge on any atom is -0.388 e. The molecule has 0 bridgehead atoms. The smallest absolute Gasteiger partial charge is 0.214 e. The van der Waals surface area contributed by atoms with Gasteiger partial charge in [-0.25, -0.2) is 4.98 Å². The van der Waals surface area contributed by atoms with E-state index in [1.807, 2.05) is 0 Å². The van der Waals surface area contributed by atoms with Crippen LogP contribution in [0.5, 0.6) is 0 Å². The maximum absolute atomic E-state index is 12.2. The molecule has 0 aromatic carbocycles. The van der Waals surface area contributed by atoms with Gasteiger partial charge in [0.1, 0.15) is 0 Å². The van der Waals surface area contributed by atoms with Gasteiger partial charge >= 0.3 is 0 Å². The quantitative estimate of drug-likeness (QED) is 0.636. The van der Waals surface area contributed by atoms with Crippen LogP contribution in [0, 0.1) is 5.95 Å². The van der Waals surface area contributed by atoms with Crippen molar-refractivity contribution in [3.05, 3.63) is 24.3 Å². The molecule has 1 aromatic rings. The van der Waals surface area contributed by atoms with E-state index in [1.54, 1.807) is 13.1 Å². The molecule has 0 fully saturated rings. The highest BCUT2D eigenvalue weighted by Crippen LogP contribution is 2.03. The van der Waals surface area contributed by atoms with Crippen molar-refractivity contribution in [1.29, 1.82) is 0 Å². The van der Waals surface area contributed by atoms with Crippen LogP contribution in [0.25, 0.3) is 0 Å². The molecule has 1 N–H and O–H groups in total. The maximum Gasteiger partial charge on any atom is 0.214 e. The van der Waals surface area contributed by atoms with E-state index in [4.69, 9.17) is 0 Å². The molecule has 10 heavy (non-hydrogen) atoms. The van der Waals surface area contributed by atoms with Crippen molar-refractivity contribution in [2.24, 2.45) is 0 Å². The number of rotatable bonds is 1. The van der Waals surface area contributed by atoms with Gasteiger partial charge in [0.05, 0.1) is 0 Å². The molecule has 0 spiro atoms. The zero-order valence-corrected chi connectivity index (χ0v) is 6.28. The Morgan fingerprint density at radius 3 is 2.70 bits per heavy atom. The molecule has 0 aliphatic heterocycles. The third-order valence-corrected chi connectivity index (χ3v) is 1.02. The summed E-state index contributed by atoms with van der Waals surface area (Å²) < 4.78 is 12.2. The van der Waals surface area contributed by atoms with Crippen LogP contribution in [-0.2, 0) is 0 Å². The van der Waals surface area contributed by atoms with E-state index in [1.165, 1.54) is 12.3 Å². The Morgan fingerprint density at radius 1 is 1.60 bits per heavy atom. The van der Waals surface area contributed by atoms with Crippen molar-refractivity contribution >= 4 is 18.1 Å². The molecule has 0 aliphatic rings. The minimum atomic E-state index is -0.457. The van der Waals surface area contributed by atoms with Gasteiger partial charge in [-0.3, -0.25) is 0 Å². The largest absolute Gasteiger partial charge is 0.388 e. The Morgan fingerprint density at radius 2 is 2.30 bits per heavy atom. The summed E-state index contributed by atoms with van der Waals surface area (Å²) in [5, 5.41) is 2.79. The predicted molar refractivity (Wildman–Crippen MR) is 41.0 cm³/mol. The van der Waals surface area contributed by atoms with Crippen molar-refractivity contribution in [2.75, 3.05) is 12.4 Å². The zero-order valence-electron chi connectivity index (χ0n) is 5.47. The Hall–Kier alpha value is -0.830. The highest BCUT2D eigenvalue weighted by atomic mass is 35.5. The van der Waals surface area contributed by atoms with Crippen LogP contribution in [0.1, 0.15) is 0 Å². The molecule has 0 unspecified atom stereocenters. The Balaban J connectivity index is 0.000000810. The van der Waals surface area contributed by atoms with Gasteiger partial charge in [-0.15, -0.1) is 12.4 Å². The first-order chi connectivity index (χ1) is 4.33. The van der Waals surface area contributed by atoms with E-state index in [2.05, 4.69) is 10.3 Å². The first kappa shape index (κ1) is 9.17. The predicted octanol–water partition coefficient (Wildman–Crippen LogP) is 1.68. The average Bonchev–Trinajstić information content (AvgIpc) is 1.88. The van der Waals surface area contributed by atoms with Crippen molar-refractivity contribution in [2.45, 2.75) is 0 Å².